The molecule has 0 saturated carbocycles. The van der Waals surface area contributed by atoms with Crippen molar-refractivity contribution >= 4 is 92.1 Å². The van der Waals surface area contributed by atoms with Crippen LogP contribution < -0.4 is 0 Å². The average molecular weight is 805 g/mol. The first-order chi connectivity index (χ1) is 30.1. The van der Waals surface area contributed by atoms with Crippen molar-refractivity contribution in [1.29, 1.82) is 0 Å². The molecule has 0 aliphatic carbocycles. The SMILES string of the molecule is CC.CC/C=C\c1c(C)n(-c2cccc(-c3ccc4sc5ccccc5c4c3)c2)c2cc3c(cc12)c1ccccc1n3-c1cccc(-n2c3ccccc3c3ccccc32)n1. The maximum atomic E-state index is 5.47. The Kier molecular flexibility index (Phi) is 8.94. The maximum Gasteiger partial charge on any atom is 0.140 e. The fraction of sp³-hybridized carbons (Fsp3) is 0.0893. The minimum Gasteiger partial charge on any atom is -0.313 e. The molecule has 0 aliphatic heterocycles. The number of hydrogen-bond acceptors (Lipinski definition) is 2. The van der Waals surface area contributed by atoms with Crippen molar-refractivity contribution in [2.24, 2.45) is 0 Å². The van der Waals surface area contributed by atoms with Gasteiger partial charge in [0.1, 0.15) is 11.6 Å². The van der Waals surface area contributed by atoms with Gasteiger partial charge in [-0.1, -0.05) is 130 Å². The maximum absolute atomic E-state index is 5.47. The molecule has 4 nitrogen and oxygen atoms in total. The van der Waals surface area contributed by atoms with E-state index in [1.54, 1.807) is 0 Å². The highest BCUT2D eigenvalue weighted by molar-refractivity contribution is 7.25. The highest BCUT2D eigenvalue weighted by Gasteiger charge is 2.21. The number of fused-ring (bicyclic) bond motifs is 10. The highest BCUT2D eigenvalue weighted by Crippen LogP contribution is 2.41. The first-order valence-corrected chi connectivity index (χ1v) is 22.2. The average Bonchev–Trinajstić information content (AvgIpc) is 4.04. The molecule has 12 rings (SSSR count). The van der Waals surface area contributed by atoms with Gasteiger partial charge in [0, 0.05) is 64.0 Å². The molecule has 294 valence electrons. The van der Waals surface area contributed by atoms with E-state index in [-0.39, 0.29) is 0 Å². The van der Waals surface area contributed by atoms with Gasteiger partial charge in [-0.25, -0.2) is 4.98 Å². The fourth-order valence-electron chi connectivity index (χ4n) is 9.49. The first kappa shape index (κ1) is 36.8. The standard InChI is InChI=1S/C54H38N4S.C2H6/c1-3-4-17-38-34(2)56(37-16-13-15-35(30-37)36-28-29-52-45(31-36)42-21-8-12-25-51(42)59-52)49-33-50-44(32-43(38)49)41-20-7-11-24-48(41)58(50)54-27-14-26-53(55-54)57-46-22-9-5-18-39(46)40-19-6-10-23-47(40)57;1-2/h4-33H,3H2,1-2H3;1-2H3/b17-4-;. The van der Waals surface area contributed by atoms with Gasteiger partial charge in [0.25, 0.3) is 0 Å². The minimum absolute atomic E-state index is 0.884. The lowest BCUT2D eigenvalue weighted by atomic mass is 10.0. The molecule has 5 heterocycles. The Bertz CT molecular complexity index is 3630. The number of nitrogens with zero attached hydrogens (tertiary/aromatic N) is 4. The largest absolute Gasteiger partial charge is 0.313 e. The van der Waals surface area contributed by atoms with Crippen LogP contribution >= 0.6 is 11.3 Å². The van der Waals surface area contributed by atoms with E-state index in [0.29, 0.717) is 0 Å². The van der Waals surface area contributed by atoms with Crippen LogP contribution in [0.25, 0.3) is 109 Å². The zero-order valence-corrected chi connectivity index (χ0v) is 35.5. The summed E-state index contributed by atoms with van der Waals surface area (Å²) in [6.45, 7) is 8.47. The monoisotopic (exact) mass is 804 g/mol. The van der Waals surface area contributed by atoms with Gasteiger partial charge >= 0.3 is 0 Å². The van der Waals surface area contributed by atoms with E-state index < -0.39 is 0 Å². The summed E-state index contributed by atoms with van der Waals surface area (Å²) in [5.41, 5.74) is 11.8. The third-order valence-corrected chi connectivity index (χ3v) is 13.3. The molecule has 0 bridgehead atoms. The summed E-state index contributed by atoms with van der Waals surface area (Å²) in [6.07, 6.45) is 5.56. The quantitative estimate of drug-likeness (QED) is 0.164. The Balaban J connectivity index is 0.00000207. The van der Waals surface area contributed by atoms with Gasteiger partial charge in [-0.3, -0.25) is 9.13 Å². The van der Waals surface area contributed by atoms with E-state index >= 15 is 0 Å². The van der Waals surface area contributed by atoms with Crippen molar-refractivity contribution in [3.05, 3.63) is 187 Å². The molecule has 0 N–H and O–H groups in total. The van der Waals surface area contributed by atoms with Crippen molar-refractivity contribution in [1.82, 2.24) is 18.7 Å². The Labute approximate surface area is 358 Å². The van der Waals surface area contributed by atoms with Gasteiger partial charge in [0.15, 0.2) is 0 Å². The minimum atomic E-state index is 0.884. The Morgan fingerprint density at radius 1 is 0.459 bits per heavy atom. The molecule has 0 fully saturated rings. The molecule has 0 spiro atoms. The zero-order valence-electron chi connectivity index (χ0n) is 34.7. The molecule has 0 aliphatic rings. The summed E-state index contributed by atoms with van der Waals surface area (Å²) >= 11 is 1.86. The summed E-state index contributed by atoms with van der Waals surface area (Å²) < 4.78 is 9.75. The van der Waals surface area contributed by atoms with E-state index in [1.807, 2.05) is 25.2 Å². The zero-order chi connectivity index (χ0) is 41.2. The van der Waals surface area contributed by atoms with Crippen LogP contribution in [0.1, 0.15) is 38.4 Å². The number of hydrogen-bond donors (Lipinski definition) is 0. The van der Waals surface area contributed by atoms with Crippen LogP contribution in [0.3, 0.4) is 0 Å². The van der Waals surface area contributed by atoms with Crippen LogP contribution in [-0.4, -0.2) is 18.7 Å². The van der Waals surface area contributed by atoms with Gasteiger partial charge in [-0.05, 0) is 97.3 Å². The topological polar surface area (TPSA) is 27.7 Å². The van der Waals surface area contributed by atoms with Crippen molar-refractivity contribution in [3.8, 4) is 28.5 Å². The number of benzene rings is 7. The number of para-hydroxylation sites is 3. The van der Waals surface area contributed by atoms with Crippen molar-refractivity contribution in [2.75, 3.05) is 0 Å². The highest BCUT2D eigenvalue weighted by atomic mass is 32.1. The third kappa shape index (κ3) is 5.76. The second-order valence-corrected chi connectivity index (χ2v) is 16.6. The lowest BCUT2D eigenvalue weighted by Crippen LogP contribution is -2.03. The number of allylic oxidation sites excluding steroid dienone is 1. The van der Waals surface area contributed by atoms with Crippen LogP contribution in [0, 0.1) is 6.92 Å². The smallest absolute Gasteiger partial charge is 0.140 e. The predicted molar refractivity (Wildman–Crippen MR) is 263 cm³/mol. The van der Waals surface area contributed by atoms with Gasteiger partial charge in [-0.2, -0.15) is 0 Å². The molecule has 0 amide bonds. The molecule has 61 heavy (non-hydrogen) atoms. The van der Waals surface area contributed by atoms with E-state index in [2.05, 4.69) is 210 Å². The molecule has 0 saturated heterocycles. The van der Waals surface area contributed by atoms with E-state index in [9.17, 15) is 0 Å². The second-order valence-electron chi connectivity index (χ2n) is 15.5. The summed E-state index contributed by atoms with van der Waals surface area (Å²) in [6, 6.07) is 61.9. The van der Waals surface area contributed by atoms with Crippen molar-refractivity contribution in [3.63, 3.8) is 0 Å². The summed E-state index contributed by atoms with van der Waals surface area (Å²) in [5.74, 6) is 1.78. The van der Waals surface area contributed by atoms with Crippen molar-refractivity contribution < 1.29 is 0 Å². The van der Waals surface area contributed by atoms with Crippen molar-refractivity contribution in [2.45, 2.75) is 34.1 Å². The van der Waals surface area contributed by atoms with Gasteiger partial charge in [0.2, 0.25) is 0 Å². The Morgan fingerprint density at radius 2 is 1.02 bits per heavy atom. The Hall–Kier alpha value is -7.21. The van der Waals surface area contributed by atoms with Crippen LogP contribution in [0.4, 0.5) is 0 Å². The van der Waals surface area contributed by atoms with Crippen LogP contribution in [0.2, 0.25) is 0 Å². The lowest BCUT2D eigenvalue weighted by molar-refractivity contribution is 1.01. The van der Waals surface area contributed by atoms with Crippen LogP contribution in [-0.2, 0) is 0 Å². The summed E-state index contributed by atoms with van der Waals surface area (Å²) in [7, 11) is 0. The van der Waals surface area contributed by atoms with Crippen LogP contribution in [0.5, 0.6) is 0 Å². The number of rotatable bonds is 6. The normalized spacial score (nSPS) is 11.9. The molecular weight excluding hydrogens is 761 g/mol. The number of aromatic nitrogens is 4. The molecule has 7 aromatic carbocycles. The molecule has 0 atom stereocenters. The third-order valence-electron chi connectivity index (χ3n) is 12.1. The predicted octanol–water partition coefficient (Wildman–Crippen LogP) is 16.0. The van der Waals surface area contributed by atoms with E-state index in [4.69, 9.17) is 4.98 Å². The molecule has 0 radical (unpaired) electrons. The molecule has 5 aromatic heterocycles. The summed E-state index contributed by atoms with van der Waals surface area (Å²) in [4.78, 5) is 5.47. The van der Waals surface area contributed by atoms with Gasteiger partial charge in [-0.15, -0.1) is 11.3 Å². The van der Waals surface area contributed by atoms with Gasteiger partial charge in [0.05, 0.1) is 27.6 Å². The molecular formula is C56H44N4S. The lowest BCUT2D eigenvalue weighted by Gasteiger charge is -2.13. The summed E-state index contributed by atoms with van der Waals surface area (Å²) in [5, 5.41) is 8.75. The first-order valence-electron chi connectivity index (χ1n) is 21.4. The van der Waals surface area contributed by atoms with Crippen LogP contribution in [0.15, 0.2) is 176 Å². The Morgan fingerprint density at radius 3 is 1.70 bits per heavy atom. The van der Waals surface area contributed by atoms with Gasteiger partial charge < -0.3 is 4.57 Å². The second kappa shape index (κ2) is 14.8. The van der Waals surface area contributed by atoms with E-state index in [0.717, 1.165) is 45.8 Å². The number of thiophene rings is 1. The molecule has 5 heteroatoms. The molecule has 0 unspecified atom stereocenters. The molecule has 12 aromatic rings. The number of pyridine rings is 1. The fourth-order valence-corrected chi connectivity index (χ4v) is 10.6. The van der Waals surface area contributed by atoms with E-state index in [1.165, 1.54) is 75.0 Å².